The Hall–Kier alpha value is -2.81. The fourth-order valence-corrected chi connectivity index (χ4v) is 2.28. The quantitative estimate of drug-likeness (QED) is 0.684. The molecule has 102 valence electrons. The van der Waals surface area contributed by atoms with E-state index in [1.54, 1.807) is 12.4 Å². The minimum Gasteiger partial charge on any atom is -0.293 e. The smallest absolute Gasteiger partial charge is 0.177 e. The lowest BCUT2D eigenvalue weighted by Gasteiger charge is -2.15. The first-order valence-electron chi connectivity index (χ1n) is 6.77. The number of pyridine rings is 2. The molecule has 0 saturated carbocycles. The summed E-state index contributed by atoms with van der Waals surface area (Å²) in [7, 11) is 0. The molecular formula is C18H14N2O. The van der Waals surface area contributed by atoms with Gasteiger partial charge in [0.1, 0.15) is 5.92 Å². The zero-order chi connectivity index (χ0) is 14.5. The largest absolute Gasteiger partial charge is 0.293 e. The highest BCUT2D eigenvalue weighted by molar-refractivity contribution is 6.02. The zero-order valence-electron chi connectivity index (χ0n) is 11.4. The molecule has 0 saturated heterocycles. The van der Waals surface area contributed by atoms with Gasteiger partial charge < -0.3 is 0 Å². The Labute approximate surface area is 123 Å². The second kappa shape index (κ2) is 6.09. The van der Waals surface area contributed by atoms with Gasteiger partial charge in [-0.15, -0.1) is 0 Å². The number of Topliss-reactive ketones (excluding diaryl/α,β-unsaturated/α-hetero) is 1. The van der Waals surface area contributed by atoms with E-state index in [0.29, 0.717) is 17.0 Å². The van der Waals surface area contributed by atoms with Crippen LogP contribution in [-0.2, 0) is 0 Å². The minimum absolute atomic E-state index is 0.00741. The molecule has 0 N–H and O–H groups in total. The van der Waals surface area contributed by atoms with Gasteiger partial charge in [-0.3, -0.25) is 14.8 Å². The highest BCUT2D eigenvalue weighted by Crippen LogP contribution is 2.25. The Morgan fingerprint density at radius 2 is 1.24 bits per heavy atom. The number of benzene rings is 1. The predicted molar refractivity (Wildman–Crippen MR) is 81.1 cm³/mol. The lowest BCUT2D eigenvalue weighted by Crippen LogP contribution is -2.16. The van der Waals surface area contributed by atoms with Gasteiger partial charge in [-0.1, -0.05) is 42.5 Å². The summed E-state index contributed by atoms with van der Waals surface area (Å²) in [6, 6.07) is 20.4. The van der Waals surface area contributed by atoms with Gasteiger partial charge in [0, 0.05) is 18.0 Å². The van der Waals surface area contributed by atoms with Crippen LogP contribution in [0.2, 0.25) is 0 Å². The van der Waals surface area contributed by atoms with Crippen LogP contribution in [0.4, 0.5) is 0 Å². The van der Waals surface area contributed by atoms with E-state index in [0.717, 1.165) is 0 Å². The van der Waals surface area contributed by atoms with Crippen LogP contribution in [0.3, 0.4) is 0 Å². The van der Waals surface area contributed by atoms with Gasteiger partial charge in [-0.25, -0.2) is 0 Å². The summed E-state index contributed by atoms with van der Waals surface area (Å²) in [6.07, 6.45) is 3.40. The van der Waals surface area contributed by atoms with Crippen molar-refractivity contribution in [3.63, 3.8) is 0 Å². The summed E-state index contributed by atoms with van der Waals surface area (Å²) < 4.78 is 0. The molecule has 3 nitrogen and oxygen atoms in total. The number of carbonyl (C=O) groups excluding carboxylic acids is 1. The van der Waals surface area contributed by atoms with Crippen LogP contribution < -0.4 is 0 Å². The number of ketones is 1. The number of hydrogen-bond acceptors (Lipinski definition) is 3. The number of rotatable bonds is 4. The summed E-state index contributed by atoms with van der Waals surface area (Å²) >= 11 is 0. The Kier molecular flexibility index (Phi) is 3.83. The van der Waals surface area contributed by atoms with Crippen LogP contribution in [0.15, 0.2) is 79.1 Å². The molecule has 2 heterocycles. The maximum atomic E-state index is 12.9. The van der Waals surface area contributed by atoms with Crippen molar-refractivity contribution in [3.8, 4) is 0 Å². The summed E-state index contributed by atoms with van der Waals surface area (Å²) in [5.41, 5.74) is 2.09. The van der Waals surface area contributed by atoms with Gasteiger partial charge in [0.15, 0.2) is 5.78 Å². The molecule has 0 fully saturated rings. The summed E-state index contributed by atoms with van der Waals surface area (Å²) in [4.78, 5) is 21.5. The van der Waals surface area contributed by atoms with Gasteiger partial charge in [0.25, 0.3) is 0 Å². The average Bonchev–Trinajstić information content (AvgIpc) is 2.58. The molecule has 0 bridgehead atoms. The zero-order valence-corrected chi connectivity index (χ0v) is 11.4. The Balaban J connectivity index is 2.07. The van der Waals surface area contributed by atoms with E-state index in [1.165, 1.54) is 0 Å². The lowest BCUT2D eigenvalue weighted by atomic mass is 9.91. The second-order valence-electron chi connectivity index (χ2n) is 4.67. The van der Waals surface area contributed by atoms with Crippen LogP contribution in [0, 0.1) is 0 Å². The summed E-state index contributed by atoms with van der Waals surface area (Å²) in [6.45, 7) is 0. The molecule has 3 rings (SSSR count). The molecule has 0 aliphatic heterocycles. The molecule has 0 aliphatic rings. The van der Waals surface area contributed by atoms with E-state index in [-0.39, 0.29) is 5.78 Å². The first-order valence-corrected chi connectivity index (χ1v) is 6.77. The molecule has 3 aromatic rings. The van der Waals surface area contributed by atoms with Crippen molar-refractivity contribution in [3.05, 3.63) is 96.1 Å². The average molecular weight is 274 g/mol. The molecule has 0 unspecified atom stereocenters. The molecule has 21 heavy (non-hydrogen) atoms. The normalized spacial score (nSPS) is 10.5. The maximum absolute atomic E-state index is 12.9. The van der Waals surface area contributed by atoms with Crippen molar-refractivity contribution in [2.45, 2.75) is 5.92 Å². The van der Waals surface area contributed by atoms with Crippen molar-refractivity contribution in [1.29, 1.82) is 0 Å². The molecule has 1 aromatic carbocycles. The highest BCUT2D eigenvalue weighted by Gasteiger charge is 2.25. The monoisotopic (exact) mass is 274 g/mol. The number of hydrogen-bond donors (Lipinski definition) is 0. The van der Waals surface area contributed by atoms with Gasteiger partial charge in [0.2, 0.25) is 0 Å². The molecule has 0 amide bonds. The van der Waals surface area contributed by atoms with Crippen molar-refractivity contribution < 1.29 is 4.79 Å². The topological polar surface area (TPSA) is 42.9 Å². The van der Waals surface area contributed by atoms with Gasteiger partial charge >= 0.3 is 0 Å². The van der Waals surface area contributed by atoms with Crippen LogP contribution in [-0.4, -0.2) is 15.8 Å². The third-order valence-corrected chi connectivity index (χ3v) is 3.29. The molecule has 0 radical (unpaired) electrons. The molecular weight excluding hydrogens is 260 g/mol. The van der Waals surface area contributed by atoms with Crippen LogP contribution in [0.1, 0.15) is 27.7 Å². The molecule has 3 heteroatoms. The second-order valence-corrected chi connectivity index (χ2v) is 4.67. The van der Waals surface area contributed by atoms with E-state index >= 15 is 0 Å². The fourth-order valence-electron chi connectivity index (χ4n) is 2.28. The lowest BCUT2D eigenvalue weighted by molar-refractivity contribution is 0.0971. The Morgan fingerprint density at radius 3 is 1.71 bits per heavy atom. The highest BCUT2D eigenvalue weighted by atomic mass is 16.1. The van der Waals surface area contributed by atoms with E-state index in [2.05, 4.69) is 9.97 Å². The van der Waals surface area contributed by atoms with Crippen molar-refractivity contribution in [2.75, 3.05) is 0 Å². The SMILES string of the molecule is O=C(c1ccccc1)C(c1ccccn1)c1ccccn1. The third kappa shape index (κ3) is 2.87. The standard InChI is InChI=1S/C18H14N2O/c21-18(14-8-2-1-3-9-14)17(15-10-4-6-12-19-15)16-11-5-7-13-20-16/h1-13,17H. The Bertz CT molecular complexity index is 672. The third-order valence-electron chi connectivity index (χ3n) is 3.29. The van der Waals surface area contributed by atoms with Gasteiger partial charge in [0.05, 0.1) is 11.4 Å². The number of nitrogens with zero attached hydrogens (tertiary/aromatic N) is 2. The van der Waals surface area contributed by atoms with E-state index < -0.39 is 5.92 Å². The maximum Gasteiger partial charge on any atom is 0.177 e. The molecule has 0 atom stereocenters. The van der Waals surface area contributed by atoms with Crippen molar-refractivity contribution in [1.82, 2.24) is 9.97 Å². The fraction of sp³-hybridized carbons (Fsp3) is 0.0556. The molecule has 2 aromatic heterocycles. The van der Waals surface area contributed by atoms with E-state index in [1.807, 2.05) is 66.7 Å². The number of carbonyl (C=O) groups is 1. The predicted octanol–water partition coefficient (Wildman–Crippen LogP) is 3.49. The van der Waals surface area contributed by atoms with Crippen LogP contribution in [0.25, 0.3) is 0 Å². The van der Waals surface area contributed by atoms with Gasteiger partial charge in [-0.05, 0) is 24.3 Å². The van der Waals surface area contributed by atoms with Crippen LogP contribution in [0.5, 0.6) is 0 Å². The summed E-state index contributed by atoms with van der Waals surface area (Å²) in [5.74, 6) is -0.470. The first kappa shape index (κ1) is 13.2. The van der Waals surface area contributed by atoms with Crippen LogP contribution >= 0.6 is 0 Å². The minimum atomic E-state index is -0.477. The van der Waals surface area contributed by atoms with E-state index in [9.17, 15) is 4.79 Å². The molecule has 0 spiro atoms. The first-order chi connectivity index (χ1) is 10.4. The van der Waals surface area contributed by atoms with Crippen molar-refractivity contribution >= 4 is 5.78 Å². The molecule has 0 aliphatic carbocycles. The van der Waals surface area contributed by atoms with Crippen molar-refractivity contribution in [2.24, 2.45) is 0 Å². The Morgan fingerprint density at radius 1 is 0.714 bits per heavy atom. The van der Waals surface area contributed by atoms with E-state index in [4.69, 9.17) is 0 Å². The number of aromatic nitrogens is 2. The summed E-state index contributed by atoms with van der Waals surface area (Å²) in [5, 5.41) is 0. The van der Waals surface area contributed by atoms with Gasteiger partial charge in [-0.2, -0.15) is 0 Å².